The fraction of sp³-hybridized carbons (Fsp3) is 0.550. The van der Waals surface area contributed by atoms with Crippen molar-refractivity contribution < 1.29 is 14.6 Å². The second-order valence-corrected chi connectivity index (χ2v) is 5.91. The summed E-state index contributed by atoms with van der Waals surface area (Å²) in [7, 11) is 0. The molecule has 23 heavy (non-hydrogen) atoms. The number of aliphatic carboxylic acids is 1. The molecule has 1 atom stereocenters. The summed E-state index contributed by atoms with van der Waals surface area (Å²) in [5.74, 6) is 0.134. The maximum Gasteiger partial charge on any atom is 0.328 e. The van der Waals surface area contributed by atoms with Crippen LogP contribution in [-0.4, -0.2) is 17.2 Å². The molecule has 1 unspecified atom stereocenters. The molecule has 0 aromatic rings. The Labute approximate surface area is 140 Å². The Morgan fingerprint density at radius 1 is 0.957 bits per heavy atom. The molecule has 0 aromatic heterocycles. The smallest absolute Gasteiger partial charge is 0.328 e. The molecule has 1 saturated heterocycles. The van der Waals surface area contributed by atoms with Gasteiger partial charge in [0, 0.05) is 6.08 Å². The van der Waals surface area contributed by atoms with Gasteiger partial charge in [-0.25, -0.2) is 4.79 Å². The highest BCUT2D eigenvalue weighted by molar-refractivity contribution is 5.80. The number of ether oxygens (including phenoxy) is 1. The molecule has 0 aliphatic carbocycles. The number of hydrogen-bond donors (Lipinski definition) is 1. The number of carbonyl (C=O) groups is 1. The Hall–Kier alpha value is -1.77. The molecule has 0 amide bonds. The predicted octanol–water partition coefficient (Wildman–Crippen LogP) is 5.55. The van der Waals surface area contributed by atoms with Gasteiger partial charge in [-0.2, -0.15) is 0 Å². The summed E-state index contributed by atoms with van der Waals surface area (Å²) < 4.78 is 5.53. The second-order valence-electron chi connectivity index (χ2n) is 5.91. The monoisotopic (exact) mass is 318 g/mol. The highest BCUT2D eigenvalue weighted by Crippen LogP contribution is 2.31. The van der Waals surface area contributed by atoms with Gasteiger partial charge in [0.25, 0.3) is 0 Å². The van der Waals surface area contributed by atoms with Crippen LogP contribution in [0.3, 0.4) is 0 Å². The summed E-state index contributed by atoms with van der Waals surface area (Å²) in [6, 6.07) is 0. The number of allylic oxidation sites excluding steroid dienone is 6. The van der Waals surface area contributed by atoms with E-state index in [1.54, 1.807) is 12.2 Å². The number of rotatable bonds is 13. The van der Waals surface area contributed by atoms with Crippen molar-refractivity contribution in [1.82, 2.24) is 0 Å². The lowest BCUT2D eigenvalue weighted by Gasteiger charge is -1.99. The van der Waals surface area contributed by atoms with Crippen LogP contribution in [0.2, 0.25) is 0 Å². The third-order valence-corrected chi connectivity index (χ3v) is 3.80. The zero-order chi connectivity index (χ0) is 16.8. The maximum absolute atomic E-state index is 10.2. The Balaban J connectivity index is 1.98. The second kappa shape index (κ2) is 12.7. The quantitative estimate of drug-likeness (QED) is 0.209. The van der Waals surface area contributed by atoms with Crippen LogP contribution in [0.15, 0.2) is 48.3 Å². The molecule has 0 saturated carbocycles. The van der Waals surface area contributed by atoms with Gasteiger partial charge in [-0.3, -0.25) is 0 Å². The first kappa shape index (κ1) is 19.3. The van der Waals surface area contributed by atoms with Crippen molar-refractivity contribution in [3.05, 3.63) is 48.3 Å². The number of hydrogen-bond acceptors (Lipinski definition) is 2. The van der Waals surface area contributed by atoms with E-state index in [-0.39, 0.29) is 0 Å². The van der Waals surface area contributed by atoms with Crippen LogP contribution in [0.4, 0.5) is 0 Å². The largest absolute Gasteiger partial charge is 0.483 e. The van der Waals surface area contributed by atoms with Gasteiger partial charge in [0.1, 0.15) is 5.76 Å². The highest BCUT2D eigenvalue weighted by atomic mass is 16.6. The zero-order valence-corrected chi connectivity index (χ0v) is 14.2. The van der Waals surface area contributed by atoms with E-state index >= 15 is 0 Å². The summed E-state index contributed by atoms with van der Waals surface area (Å²) in [5, 5.41) is 8.41. The van der Waals surface area contributed by atoms with E-state index < -0.39 is 5.97 Å². The molecule has 1 heterocycles. The lowest BCUT2D eigenvalue weighted by molar-refractivity contribution is -0.131. The van der Waals surface area contributed by atoms with Crippen molar-refractivity contribution in [3.63, 3.8) is 0 Å². The number of unbranched alkanes of at least 4 members (excludes halogenated alkanes) is 7. The molecule has 128 valence electrons. The maximum atomic E-state index is 10.2. The van der Waals surface area contributed by atoms with E-state index in [0.29, 0.717) is 6.10 Å². The average Bonchev–Trinajstić information content (AvgIpc) is 3.27. The average molecular weight is 318 g/mol. The van der Waals surface area contributed by atoms with Gasteiger partial charge < -0.3 is 9.84 Å². The van der Waals surface area contributed by atoms with Gasteiger partial charge >= 0.3 is 5.97 Å². The van der Waals surface area contributed by atoms with Gasteiger partial charge in [0.05, 0.1) is 0 Å². The molecule has 1 fully saturated rings. The fourth-order valence-corrected chi connectivity index (χ4v) is 2.42. The van der Waals surface area contributed by atoms with Gasteiger partial charge in [-0.05, 0) is 18.9 Å². The van der Waals surface area contributed by atoms with Crippen molar-refractivity contribution in [2.45, 2.75) is 70.8 Å². The first-order valence-corrected chi connectivity index (χ1v) is 8.85. The Kier molecular flexibility index (Phi) is 10.7. The number of epoxide rings is 1. The summed E-state index contributed by atoms with van der Waals surface area (Å²) in [6.07, 6.45) is 24.1. The Morgan fingerprint density at radius 3 is 2.26 bits per heavy atom. The van der Waals surface area contributed by atoms with E-state index in [4.69, 9.17) is 9.84 Å². The van der Waals surface area contributed by atoms with Gasteiger partial charge in [0.2, 0.25) is 0 Å². The fourth-order valence-electron chi connectivity index (χ4n) is 2.42. The van der Waals surface area contributed by atoms with Crippen LogP contribution >= 0.6 is 0 Å². The highest BCUT2D eigenvalue weighted by Gasteiger charge is 2.30. The van der Waals surface area contributed by atoms with Crippen LogP contribution in [0.25, 0.3) is 0 Å². The van der Waals surface area contributed by atoms with Crippen LogP contribution in [0.5, 0.6) is 0 Å². The van der Waals surface area contributed by atoms with Crippen LogP contribution in [0.1, 0.15) is 64.7 Å². The summed E-state index contributed by atoms with van der Waals surface area (Å²) >= 11 is 0. The summed E-state index contributed by atoms with van der Waals surface area (Å²) in [5.41, 5.74) is 0. The third kappa shape index (κ3) is 11.5. The number of carboxylic acids is 1. The SMILES string of the molecule is CCCCCCCCCCC1O\C1=C/C=C/C=C/C=C/C(=O)O. The summed E-state index contributed by atoms with van der Waals surface area (Å²) in [4.78, 5) is 10.2. The van der Waals surface area contributed by atoms with E-state index in [2.05, 4.69) is 6.92 Å². The molecular weight excluding hydrogens is 288 g/mol. The molecule has 1 rings (SSSR count). The molecule has 0 radical (unpaired) electrons. The molecular formula is C20H30O3. The lowest BCUT2D eigenvalue weighted by Crippen LogP contribution is -1.85. The standard InChI is InChI=1S/C20H30O3/c1-2-3-4-5-6-7-9-12-15-18-19(23-18)16-13-10-8-11-14-17-20(21)22/h8,10-11,13-14,16-18H,2-7,9,12,15H2,1H3,(H,21,22)/b11-8+,13-10+,17-14+,19-16-. The molecule has 3 nitrogen and oxygen atoms in total. The van der Waals surface area contributed by atoms with Gasteiger partial charge in [-0.15, -0.1) is 0 Å². The minimum absolute atomic E-state index is 0.329. The Morgan fingerprint density at radius 2 is 1.57 bits per heavy atom. The van der Waals surface area contributed by atoms with Gasteiger partial charge in [0.15, 0.2) is 6.10 Å². The third-order valence-electron chi connectivity index (χ3n) is 3.80. The lowest BCUT2D eigenvalue weighted by atomic mass is 10.1. The van der Waals surface area contributed by atoms with E-state index in [9.17, 15) is 4.79 Å². The summed E-state index contributed by atoms with van der Waals surface area (Å²) in [6.45, 7) is 2.25. The van der Waals surface area contributed by atoms with Crippen molar-refractivity contribution in [2.24, 2.45) is 0 Å². The van der Waals surface area contributed by atoms with Crippen LogP contribution < -0.4 is 0 Å². The first-order chi connectivity index (χ1) is 11.2. The van der Waals surface area contributed by atoms with Crippen molar-refractivity contribution in [2.75, 3.05) is 0 Å². The minimum atomic E-state index is -0.934. The van der Waals surface area contributed by atoms with E-state index in [1.807, 2.05) is 18.2 Å². The topological polar surface area (TPSA) is 49.8 Å². The molecule has 0 bridgehead atoms. The van der Waals surface area contributed by atoms with Crippen molar-refractivity contribution >= 4 is 5.97 Å². The van der Waals surface area contributed by atoms with Crippen LogP contribution in [0, 0.1) is 0 Å². The van der Waals surface area contributed by atoms with Crippen molar-refractivity contribution in [1.29, 1.82) is 0 Å². The van der Waals surface area contributed by atoms with Gasteiger partial charge in [-0.1, -0.05) is 82.2 Å². The molecule has 1 aliphatic heterocycles. The van der Waals surface area contributed by atoms with E-state index in [0.717, 1.165) is 18.3 Å². The number of carboxylic acid groups (broad SMARTS) is 1. The van der Waals surface area contributed by atoms with E-state index in [1.165, 1.54) is 57.4 Å². The molecule has 1 N–H and O–H groups in total. The normalized spacial score (nSPS) is 19.2. The Bertz CT molecular complexity index is 444. The first-order valence-electron chi connectivity index (χ1n) is 8.85. The molecule has 1 aliphatic rings. The predicted molar refractivity (Wildman–Crippen MR) is 95.2 cm³/mol. The molecule has 0 aromatic carbocycles. The molecule has 0 spiro atoms. The zero-order valence-electron chi connectivity index (χ0n) is 14.2. The van der Waals surface area contributed by atoms with Crippen LogP contribution in [-0.2, 0) is 9.53 Å². The molecule has 3 heteroatoms. The van der Waals surface area contributed by atoms with Crippen molar-refractivity contribution in [3.8, 4) is 0 Å². The minimum Gasteiger partial charge on any atom is -0.483 e.